The highest BCUT2D eigenvalue weighted by Crippen LogP contribution is 2.23. The molecule has 0 radical (unpaired) electrons. The second-order valence-corrected chi connectivity index (χ2v) is 6.26. The van der Waals surface area contributed by atoms with Gasteiger partial charge in [0, 0.05) is 10.9 Å². The Morgan fingerprint density at radius 2 is 2.10 bits per heavy atom. The third-order valence-corrected chi connectivity index (χ3v) is 4.50. The summed E-state index contributed by atoms with van der Waals surface area (Å²) in [6.07, 6.45) is 6.19. The van der Waals surface area contributed by atoms with E-state index in [-0.39, 0.29) is 24.1 Å². The van der Waals surface area contributed by atoms with Crippen molar-refractivity contribution < 1.29 is 14.3 Å². The summed E-state index contributed by atoms with van der Waals surface area (Å²) in [7, 11) is 0. The molecule has 0 heterocycles. The fourth-order valence-electron chi connectivity index (χ4n) is 2.34. The average Bonchev–Trinajstić information content (AvgIpc) is 2.98. The Labute approximate surface area is 133 Å². The van der Waals surface area contributed by atoms with Gasteiger partial charge in [0.25, 0.3) is 5.91 Å². The summed E-state index contributed by atoms with van der Waals surface area (Å²) in [6.45, 7) is -0.269. The molecule has 0 atom stereocenters. The number of rotatable bonds is 5. The molecule has 0 aliphatic heterocycles. The van der Waals surface area contributed by atoms with Gasteiger partial charge in [-0.3, -0.25) is 4.79 Å². The summed E-state index contributed by atoms with van der Waals surface area (Å²) in [5.74, 6) is -0.829. The van der Waals surface area contributed by atoms with Gasteiger partial charge in [-0.05, 0) is 37.3 Å². The lowest BCUT2D eigenvalue weighted by Crippen LogP contribution is -2.35. The number of esters is 1. The van der Waals surface area contributed by atoms with Crippen LogP contribution in [-0.4, -0.2) is 30.8 Å². The molecule has 0 spiro atoms. The summed E-state index contributed by atoms with van der Waals surface area (Å²) in [5.41, 5.74) is 0.289. The van der Waals surface area contributed by atoms with Gasteiger partial charge in [0.2, 0.25) is 0 Å². The maximum Gasteiger partial charge on any atom is 0.340 e. The molecule has 1 aliphatic carbocycles. The molecule has 1 saturated carbocycles. The van der Waals surface area contributed by atoms with E-state index in [1.54, 1.807) is 12.1 Å². The normalized spacial score (nSPS) is 15.0. The number of hydrogen-bond donors (Lipinski definition) is 1. The zero-order valence-corrected chi connectivity index (χ0v) is 13.4. The minimum Gasteiger partial charge on any atom is -0.452 e. The molecule has 6 heteroatoms. The third-order valence-electron chi connectivity index (χ3n) is 3.45. The fraction of sp³-hybridized carbons (Fsp3) is 0.467. The number of halogens is 1. The van der Waals surface area contributed by atoms with Crippen LogP contribution in [0.25, 0.3) is 0 Å². The summed E-state index contributed by atoms with van der Waals surface area (Å²) in [6, 6.07) is 5.38. The molecule has 1 aromatic rings. The first-order chi connectivity index (χ1) is 10.1. The Bertz CT molecular complexity index is 530. The van der Waals surface area contributed by atoms with Crippen LogP contribution in [0.15, 0.2) is 23.1 Å². The van der Waals surface area contributed by atoms with E-state index in [9.17, 15) is 9.59 Å². The largest absolute Gasteiger partial charge is 0.452 e. The standard InChI is InChI=1S/C15H18ClNO3S/c1-21-11-6-7-13(16)12(8-11)15(19)20-9-14(18)17-10-4-2-3-5-10/h6-8,10H,2-5,9H2,1H3,(H,17,18). The van der Waals surface area contributed by atoms with E-state index in [4.69, 9.17) is 16.3 Å². The third kappa shape index (κ3) is 4.64. The van der Waals surface area contributed by atoms with Gasteiger partial charge in [-0.2, -0.15) is 0 Å². The smallest absolute Gasteiger partial charge is 0.340 e. The number of amides is 1. The summed E-state index contributed by atoms with van der Waals surface area (Å²) in [4.78, 5) is 24.6. The van der Waals surface area contributed by atoms with Crippen LogP contribution in [0.1, 0.15) is 36.0 Å². The maximum absolute atomic E-state index is 12.0. The number of ether oxygens (including phenoxy) is 1. The topological polar surface area (TPSA) is 55.4 Å². The highest BCUT2D eigenvalue weighted by Gasteiger charge is 2.19. The van der Waals surface area contributed by atoms with E-state index >= 15 is 0 Å². The van der Waals surface area contributed by atoms with E-state index in [0.29, 0.717) is 5.02 Å². The Morgan fingerprint density at radius 1 is 1.38 bits per heavy atom. The molecule has 4 nitrogen and oxygen atoms in total. The SMILES string of the molecule is CSc1ccc(Cl)c(C(=O)OCC(=O)NC2CCCC2)c1. The molecule has 1 aromatic carbocycles. The van der Waals surface area contributed by atoms with Crippen molar-refractivity contribution in [1.29, 1.82) is 0 Å². The molecule has 2 rings (SSSR count). The van der Waals surface area contributed by atoms with E-state index in [1.165, 1.54) is 11.8 Å². The predicted molar refractivity (Wildman–Crippen MR) is 83.9 cm³/mol. The first-order valence-corrected chi connectivity index (χ1v) is 8.50. The van der Waals surface area contributed by atoms with E-state index in [1.807, 2.05) is 12.3 Å². The van der Waals surface area contributed by atoms with Crippen molar-refractivity contribution in [2.75, 3.05) is 12.9 Å². The first-order valence-electron chi connectivity index (χ1n) is 6.90. The molecule has 0 bridgehead atoms. The molecule has 1 fully saturated rings. The average molecular weight is 328 g/mol. The van der Waals surface area contributed by atoms with Gasteiger partial charge >= 0.3 is 5.97 Å². The van der Waals surface area contributed by atoms with Crippen LogP contribution in [0.4, 0.5) is 0 Å². The van der Waals surface area contributed by atoms with Gasteiger partial charge in [-0.15, -0.1) is 11.8 Å². The van der Waals surface area contributed by atoms with Crippen molar-refractivity contribution in [2.24, 2.45) is 0 Å². The van der Waals surface area contributed by atoms with Gasteiger partial charge in [0.05, 0.1) is 10.6 Å². The monoisotopic (exact) mass is 327 g/mol. The lowest BCUT2D eigenvalue weighted by atomic mass is 10.2. The first kappa shape index (κ1) is 16.2. The molecule has 0 unspecified atom stereocenters. The van der Waals surface area contributed by atoms with Gasteiger partial charge in [0.15, 0.2) is 6.61 Å². The van der Waals surface area contributed by atoms with Crippen molar-refractivity contribution in [2.45, 2.75) is 36.6 Å². The van der Waals surface area contributed by atoms with Crippen LogP contribution in [0.3, 0.4) is 0 Å². The van der Waals surface area contributed by atoms with E-state index in [2.05, 4.69) is 5.32 Å². The number of hydrogen-bond acceptors (Lipinski definition) is 4. The fourth-order valence-corrected chi connectivity index (χ4v) is 2.97. The van der Waals surface area contributed by atoms with Crippen LogP contribution in [0.2, 0.25) is 5.02 Å². The highest BCUT2D eigenvalue weighted by molar-refractivity contribution is 7.98. The van der Waals surface area contributed by atoms with Gasteiger partial charge in [-0.1, -0.05) is 24.4 Å². The van der Waals surface area contributed by atoms with Crippen molar-refractivity contribution in [3.05, 3.63) is 28.8 Å². The summed E-state index contributed by atoms with van der Waals surface area (Å²) < 4.78 is 5.04. The van der Waals surface area contributed by atoms with E-state index < -0.39 is 5.97 Å². The zero-order valence-electron chi connectivity index (χ0n) is 11.9. The molecular formula is C15H18ClNO3S. The lowest BCUT2D eigenvalue weighted by molar-refractivity contribution is -0.124. The molecule has 0 aromatic heterocycles. The van der Waals surface area contributed by atoms with Crippen LogP contribution >= 0.6 is 23.4 Å². The minimum absolute atomic E-state index is 0.222. The molecule has 114 valence electrons. The molecular weight excluding hydrogens is 310 g/mol. The number of carbonyl (C=O) groups is 2. The minimum atomic E-state index is -0.572. The van der Waals surface area contributed by atoms with Crippen molar-refractivity contribution in [3.63, 3.8) is 0 Å². The number of carbonyl (C=O) groups excluding carboxylic acids is 2. The van der Waals surface area contributed by atoms with Crippen LogP contribution < -0.4 is 5.32 Å². The Morgan fingerprint density at radius 3 is 2.76 bits per heavy atom. The maximum atomic E-state index is 12.0. The highest BCUT2D eigenvalue weighted by atomic mass is 35.5. The summed E-state index contributed by atoms with van der Waals surface area (Å²) in [5, 5.41) is 3.20. The molecule has 0 saturated heterocycles. The Balaban J connectivity index is 1.87. The second-order valence-electron chi connectivity index (χ2n) is 4.97. The summed E-state index contributed by atoms with van der Waals surface area (Å²) >= 11 is 7.50. The predicted octanol–water partition coefficient (Wildman–Crippen LogP) is 3.28. The number of nitrogens with one attached hydrogen (secondary N) is 1. The van der Waals surface area contributed by atoms with Crippen LogP contribution in [0.5, 0.6) is 0 Å². The molecule has 1 aliphatic rings. The molecule has 1 amide bonds. The molecule has 1 N–H and O–H groups in total. The lowest BCUT2D eigenvalue weighted by Gasteiger charge is -2.12. The van der Waals surface area contributed by atoms with Gasteiger partial charge in [0.1, 0.15) is 0 Å². The number of benzene rings is 1. The van der Waals surface area contributed by atoms with Crippen LogP contribution in [0, 0.1) is 0 Å². The van der Waals surface area contributed by atoms with Gasteiger partial charge in [-0.25, -0.2) is 4.79 Å². The molecule has 21 heavy (non-hydrogen) atoms. The number of thioether (sulfide) groups is 1. The van der Waals surface area contributed by atoms with Crippen molar-refractivity contribution in [3.8, 4) is 0 Å². The Hall–Kier alpha value is -1.20. The second kappa shape index (κ2) is 7.71. The van der Waals surface area contributed by atoms with Crippen molar-refractivity contribution in [1.82, 2.24) is 5.32 Å². The van der Waals surface area contributed by atoms with E-state index in [0.717, 1.165) is 30.6 Å². The quantitative estimate of drug-likeness (QED) is 0.666. The Kier molecular flexibility index (Phi) is 5.94. The van der Waals surface area contributed by atoms with Crippen molar-refractivity contribution >= 4 is 35.2 Å². The van der Waals surface area contributed by atoms with Gasteiger partial charge < -0.3 is 10.1 Å². The van der Waals surface area contributed by atoms with Crippen LogP contribution in [-0.2, 0) is 9.53 Å². The zero-order chi connectivity index (χ0) is 15.2.